The number of piperidine rings is 1. The summed E-state index contributed by atoms with van der Waals surface area (Å²) in [6.07, 6.45) is 11.7. The Labute approximate surface area is 161 Å². The molecule has 2 aliphatic heterocycles. The van der Waals surface area contributed by atoms with Crippen LogP contribution in [-0.2, 0) is 4.79 Å². The fourth-order valence-corrected chi connectivity index (χ4v) is 6.75. The highest BCUT2D eigenvalue weighted by Gasteiger charge is 2.49. The lowest BCUT2D eigenvalue weighted by Gasteiger charge is -2.44. The zero-order chi connectivity index (χ0) is 17.5. The van der Waals surface area contributed by atoms with Crippen LogP contribution >= 0.6 is 11.3 Å². The van der Waals surface area contributed by atoms with Crippen molar-refractivity contribution in [2.45, 2.75) is 75.8 Å². The minimum atomic E-state index is 0.341. The Bertz CT molecular complexity index is 620. The molecule has 4 heteroatoms. The van der Waals surface area contributed by atoms with Gasteiger partial charge in [0.15, 0.2) is 0 Å². The van der Waals surface area contributed by atoms with E-state index in [1.54, 1.807) is 0 Å². The van der Waals surface area contributed by atoms with E-state index in [4.69, 9.17) is 0 Å². The van der Waals surface area contributed by atoms with Crippen LogP contribution < -0.4 is 0 Å². The third-order valence-electron chi connectivity index (χ3n) is 7.76. The molecule has 142 valence electrons. The van der Waals surface area contributed by atoms with Crippen LogP contribution in [0.4, 0.5) is 0 Å². The number of nitrogens with zero attached hydrogens (tertiary/aromatic N) is 2. The van der Waals surface area contributed by atoms with Crippen LogP contribution in [0, 0.1) is 11.8 Å². The molecule has 26 heavy (non-hydrogen) atoms. The molecule has 0 spiro atoms. The molecule has 0 N–H and O–H groups in total. The molecule has 1 aromatic heterocycles. The first-order valence-corrected chi connectivity index (χ1v) is 11.8. The molecule has 3 heterocycles. The second-order valence-corrected chi connectivity index (χ2v) is 9.87. The average molecular weight is 373 g/mol. The van der Waals surface area contributed by atoms with Gasteiger partial charge < -0.3 is 4.90 Å². The summed E-state index contributed by atoms with van der Waals surface area (Å²) in [4.78, 5) is 18.2. The summed E-state index contributed by atoms with van der Waals surface area (Å²) in [6.45, 7) is 3.39. The Balaban J connectivity index is 1.36. The van der Waals surface area contributed by atoms with Crippen molar-refractivity contribution < 1.29 is 4.79 Å². The summed E-state index contributed by atoms with van der Waals surface area (Å²) in [5.74, 6) is 2.02. The van der Waals surface area contributed by atoms with Gasteiger partial charge >= 0.3 is 0 Å². The summed E-state index contributed by atoms with van der Waals surface area (Å²) in [7, 11) is 0. The standard InChI is InChI=1S/C22H32N2OS/c25-22(16-5-4-6-16)24-14-19(17-10-12-26-15-17)20-13-23(11-9-21(20)24)18-7-2-1-3-8-18/h10,12,15-16,18-21H,1-9,11,13-14H2/t19-,20-,21-/m0/s1. The molecular weight excluding hydrogens is 340 g/mol. The van der Waals surface area contributed by atoms with E-state index in [1.165, 1.54) is 63.6 Å². The van der Waals surface area contributed by atoms with Gasteiger partial charge in [-0.25, -0.2) is 0 Å². The molecule has 0 radical (unpaired) electrons. The number of likely N-dealkylation sites (tertiary alicyclic amines) is 2. The third-order valence-corrected chi connectivity index (χ3v) is 8.46. The van der Waals surface area contributed by atoms with E-state index in [1.807, 2.05) is 11.3 Å². The molecule has 5 rings (SSSR count). The van der Waals surface area contributed by atoms with Crippen molar-refractivity contribution in [2.24, 2.45) is 11.8 Å². The van der Waals surface area contributed by atoms with Crippen LogP contribution in [0.5, 0.6) is 0 Å². The SMILES string of the molecule is O=C(C1CCC1)N1C[C@@H](c2ccsc2)[C@@H]2CN(C3CCCCC3)CC[C@@H]21. The first kappa shape index (κ1) is 17.2. The predicted octanol–water partition coefficient (Wildman–Crippen LogP) is 4.50. The third kappa shape index (κ3) is 3.03. The second-order valence-electron chi connectivity index (χ2n) is 9.09. The zero-order valence-corrected chi connectivity index (χ0v) is 16.6. The predicted molar refractivity (Wildman–Crippen MR) is 106 cm³/mol. The molecule has 3 nitrogen and oxygen atoms in total. The maximum Gasteiger partial charge on any atom is 0.225 e. The van der Waals surface area contributed by atoms with Gasteiger partial charge in [-0.15, -0.1) is 0 Å². The van der Waals surface area contributed by atoms with Crippen molar-refractivity contribution >= 4 is 17.2 Å². The maximum absolute atomic E-state index is 13.1. The Morgan fingerprint density at radius 3 is 2.54 bits per heavy atom. The van der Waals surface area contributed by atoms with Crippen LogP contribution in [0.15, 0.2) is 16.8 Å². The van der Waals surface area contributed by atoms with Gasteiger partial charge in [-0.1, -0.05) is 25.7 Å². The van der Waals surface area contributed by atoms with E-state index in [0.29, 0.717) is 29.7 Å². The van der Waals surface area contributed by atoms with E-state index in [9.17, 15) is 4.79 Å². The normalized spacial score (nSPS) is 33.8. The van der Waals surface area contributed by atoms with Crippen molar-refractivity contribution in [3.8, 4) is 0 Å². The summed E-state index contributed by atoms with van der Waals surface area (Å²) >= 11 is 1.81. The van der Waals surface area contributed by atoms with Gasteiger partial charge in [0.25, 0.3) is 0 Å². The molecule has 2 saturated heterocycles. The van der Waals surface area contributed by atoms with E-state index < -0.39 is 0 Å². The molecule has 3 atom stereocenters. The summed E-state index contributed by atoms with van der Waals surface area (Å²) in [5, 5.41) is 4.54. The monoisotopic (exact) mass is 372 g/mol. The Morgan fingerprint density at radius 2 is 1.85 bits per heavy atom. The first-order chi connectivity index (χ1) is 12.8. The van der Waals surface area contributed by atoms with Gasteiger partial charge in [0.1, 0.15) is 0 Å². The zero-order valence-electron chi connectivity index (χ0n) is 15.8. The molecule has 0 aromatic carbocycles. The van der Waals surface area contributed by atoms with E-state index in [2.05, 4.69) is 26.6 Å². The molecule has 2 aliphatic carbocycles. The van der Waals surface area contributed by atoms with Gasteiger partial charge in [-0.3, -0.25) is 9.69 Å². The highest BCUT2D eigenvalue weighted by molar-refractivity contribution is 7.08. The summed E-state index contributed by atoms with van der Waals surface area (Å²) in [6, 6.07) is 3.61. The number of carbonyl (C=O) groups is 1. The van der Waals surface area contributed by atoms with E-state index in [0.717, 1.165) is 25.4 Å². The van der Waals surface area contributed by atoms with Gasteiger partial charge in [0, 0.05) is 49.5 Å². The number of fused-ring (bicyclic) bond motifs is 1. The molecule has 1 amide bonds. The first-order valence-electron chi connectivity index (χ1n) is 10.9. The van der Waals surface area contributed by atoms with Crippen molar-refractivity contribution in [1.82, 2.24) is 9.80 Å². The largest absolute Gasteiger partial charge is 0.338 e. The smallest absolute Gasteiger partial charge is 0.225 e. The van der Waals surface area contributed by atoms with Gasteiger partial charge in [0.2, 0.25) is 5.91 Å². The molecule has 0 unspecified atom stereocenters. The molecular formula is C22H32N2OS. The van der Waals surface area contributed by atoms with Crippen LogP contribution in [-0.4, -0.2) is 47.4 Å². The van der Waals surface area contributed by atoms with Crippen molar-refractivity contribution in [3.63, 3.8) is 0 Å². The number of hydrogen-bond donors (Lipinski definition) is 0. The van der Waals surface area contributed by atoms with E-state index >= 15 is 0 Å². The summed E-state index contributed by atoms with van der Waals surface area (Å²) in [5.41, 5.74) is 1.49. The van der Waals surface area contributed by atoms with Crippen LogP contribution in [0.25, 0.3) is 0 Å². The van der Waals surface area contributed by atoms with E-state index in [-0.39, 0.29) is 0 Å². The lowest BCUT2D eigenvalue weighted by Crippen LogP contribution is -2.52. The minimum Gasteiger partial charge on any atom is -0.338 e. The molecule has 1 aromatic rings. The fourth-order valence-electron chi connectivity index (χ4n) is 6.02. The van der Waals surface area contributed by atoms with Crippen LogP contribution in [0.1, 0.15) is 69.3 Å². The second kappa shape index (κ2) is 7.27. The van der Waals surface area contributed by atoms with Gasteiger partial charge in [0.05, 0.1) is 0 Å². The topological polar surface area (TPSA) is 23.6 Å². The average Bonchev–Trinajstić information content (AvgIpc) is 3.28. The molecule has 0 bridgehead atoms. The lowest BCUT2D eigenvalue weighted by atomic mass is 9.81. The van der Waals surface area contributed by atoms with Gasteiger partial charge in [-0.05, 0) is 54.5 Å². The highest BCUT2D eigenvalue weighted by atomic mass is 32.1. The Hall–Kier alpha value is -0.870. The van der Waals surface area contributed by atoms with Crippen molar-refractivity contribution in [1.29, 1.82) is 0 Å². The quantitative estimate of drug-likeness (QED) is 0.780. The lowest BCUT2D eigenvalue weighted by molar-refractivity contribution is -0.140. The van der Waals surface area contributed by atoms with Crippen LogP contribution in [0.2, 0.25) is 0 Å². The Morgan fingerprint density at radius 1 is 1.00 bits per heavy atom. The molecule has 2 saturated carbocycles. The Kier molecular flexibility index (Phi) is 4.82. The van der Waals surface area contributed by atoms with Gasteiger partial charge in [-0.2, -0.15) is 11.3 Å². The van der Waals surface area contributed by atoms with Crippen molar-refractivity contribution in [3.05, 3.63) is 22.4 Å². The number of hydrogen-bond acceptors (Lipinski definition) is 3. The van der Waals surface area contributed by atoms with Crippen molar-refractivity contribution in [2.75, 3.05) is 19.6 Å². The minimum absolute atomic E-state index is 0.341. The number of rotatable bonds is 3. The number of amides is 1. The maximum atomic E-state index is 13.1. The fraction of sp³-hybridized carbons (Fsp3) is 0.773. The highest BCUT2D eigenvalue weighted by Crippen LogP contribution is 2.44. The van der Waals surface area contributed by atoms with Crippen LogP contribution in [0.3, 0.4) is 0 Å². The number of thiophene rings is 1. The summed E-state index contributed by atoms with van der Waals surface area (Å²) < 4.78 is 0. The molecule has 4 aliphatic rings. The number of carbonyl (C=O) groups excluding carboxylic acids is 1. The molecule has 4 fully saturated rings.